The van der Waals surface area contributed by atoms with E-state index in [1.54, 1.807) is 0 Å². The molecule has 0 bridgehead atoms. The Bertz CT molecular complexity index is 169. The fraction of sp³-hybridized carbons (Fsp3) is 0.500. The summed E-state index contributed by atoms with van der Waals surface area (Å²) in [6.45, 7) is 0.501. The minimum Gasteiger partial charge on any atom is -0.750 e. The van der Waals surface area contributed by atoms with Crippen molar-refractivity contribution in [2.24, 2.45) is 0 Å². The molecule has 0 aromatic heterocycles. The van der Waals surface area contributed by atoms with Gasteiger partial charge >= 0.3 is 0 Å². The summed E-state index contributed by atoms with van der Waals surface area (Å²) < 4.78 is 46.1. The molecule has 0 aliphatic carbocycles. The molecule has 0 fully saturated rings. The van der Waals surface area contributed by atoms with E-state index in [4.69, 9.17) is 0 Å². The molecule has 7 heteroatoms. The van der Waals surface area contributed by atoms with Gasteiger partial charge in [-0.3, -0.25) is 4.18 Å². The summed E-state index contributed by atoms with van der Waals surface area (Å²) in [5.74, 6) is 0. The van der Waals surface area contributed by atoms with E-state index < -0.39 is 24.0 Å². The van der Waals surface area contributed by atoms with Crippen LogP contribution in [0.5, 0.6) is 0 Å². The molecule has 0 saturated carbocycles. The molecule has 0 N–H and O–H groups in total. The Morgan fingerprint density at radius 2 is 2.09 bits per heavy atom. The fourth-order valence-corrected chi connectivity index (χ4v) is 0.464. The van der Waals surface area contributed by atoms with Gasteiger partial charge in [-0.25, -0.2) is 4.21 Å². The average Bonchev–Trinajstić information content (AvgIpc) is 1.82. The first kappa shape index (κ1) is 14.3. The second-order valence-electron chi connectivity index (χ2n) is 1.51. The van der Waals surface area contributed by atoms with Crippen molar-refractivity contribution in [2.45, 2.75) is 6.92 Å². The largest absolute Gasteiger partial charge is 0.750 e. The van der Waals surface area contributed by atoms with Crippen molar-refractivity contribution in [1.29, 1.82) is 0 Å². The summed E-state index contributed by atoms with van der Waals surface area (Å²) in [4.78, 5) is 0. The van der Waals surface area contributed by atoms with E-state index in [0.29, 0.717) is 0 Å². The van der Waals surface area contributed by atoms with E-state index in [1.807, 2.05) is 0 Å². The van der Waals surface area contributed by atoms with Crippen molar-refractivity contribution in [1.82, 2.24) is 0 Å². The molecule has 11 heavy (non-hydrogen) atoms. The summed E-state index contributed by atoms with van der Waals surface area (Å²) in [6, 6.07) is 0. The van der Waals surface area contributed by atoms with Crippen LogP contribution in [-0.4, -0.2) is 15.4 Å². The Labute approximate surface area is 90.6 Å². The van der Waals surface area contributed by atoms with Crippen molar-refractivity contribution in [3.63, 3.8) is 0 Å². The van der Waals surface area contributed by atoms with Crippen molar-refractivity contribution in [3.05, 3.63) is 11.7 Å². The summed E-state index contributed by atoms with van der Waals surface area (Å²) in [5.41, 5.74) is -0.385. The molecular weight excluding hydrogens is 255 g/mol. The van der Waals surface area contributed by atoms with Gasteiger partial charge in [-0.05, 0) is 6.92 Å². The van der Waals surface area contributed by atoms with Crippen LogP contribution in [0.15, 0.2) is 11.7 Å². The Balaban J connectivity index is 0. The third-order valence-corrected chi connectivity index (χ3v) is 1.00. The first-order valence-corrected chi connectivity index (χ1v) is 3.27. The Hall–Kier alpha value is 0.774. The van der Waals surface area contributed by atoms with Crippen molar-refractivity contribution in [2.75, 3.05) is 6.61 Å². The van der Waals surface area contributed by atoms with Gasteiger partial charge in [-0.1, -0.05) is 0 Å². The fourth-order valence-electron chi connectivity index (χ4n) is 0.191. The molecule has 1 radical (unpaired) electrons. The van der Waals surface area contributed by atoms with Gasteiger partial charge in [0, 0.05) is 38.3 Å². The molecule has 63 valence electrons. The van der Waals surface area contributed by atoms with Crippen LogP contribution in [0, 0.1) is 0 Å². The van der Waals surface area contributed by atoms with Crippen LogP contribution in [0.1, 0.15) is 6.92 Å². The average molecular weight is 260 g/mol. The number of halogens is 2. The van der Waals surface area contributed by atoms with Crippen LogP contribution in [0.2, 0.25) is 0 Å². The molecular formula is C4H5F2O3SY-. The minimum absolute atomic E-state index is 0. The maximum atomic E-state index is 11.5. The zero-order chi connectivity index (χ0) is 8.15. The van der Waals surface area contributed by atoms with Gasteiger partial charge in [0.05, 0.1) is 18.0 Å². The molecule has 3 nitrogen and oxygen atoms in total. The summed E-state index contributed by atoms with van der Waals surface area (Å²) in [6.07, 6.45) is -1.91. The third-order valence-electron chi connectivity index (χ3n) is 0.694. The second kappa shape index (κ2) is 7.42. The quantitative estimate of drug-likeness (QED) is 0.710. The van der Waals surface area contributed by atoms with E-state index in [-0.39, 0.29) is 38.3 Å². The number of hydrogen-bond donors (Lipinski definition) is 0. The van der Waals surface area contributed by atoms with Crippen molar-refractivity contribution >= 4 is 11.4 Å². The van der Waals surface area contributed by atoms with Crippen LogP contribution in [-0.2, 0) is 48.3 Å². The van der Waals surface area contributed by atoms with Crippen LogP contribution in [0.3, 0.4) is 0 Å². The zero-order valence-electron chi connectivity index (χ0n) is 5.67. The third kappa shape index (κ3) is 8.68. The van der Waals surface area contributed by atoms with E-state index in [2.05, 4.69) is 4.18 Å². The number of rotatable bonds is 3. The van der Waals surface area contributed by atoms with Gasteiger partial charge in [0.15, 0.2) is 0 Å². The molecule has 0 saturated heterocycles. The van der Waals surface area contributed by atoms with Crippen molar-refractivity contribution < 1.29 is 54.4 Å². The van der Waals surface area contributed by atoms with Gasteiger partial charge in [0.25, 0.3) is 6.08 Å². The topological polar surface area (TPSA) is 49.4 Å². The normalized spacial score (nSPS) is 11.6. The van der Waals surface area contributed by atoms with Gasteiger partial charge < -0.3 is 4.55 Å². The maximum Gasteiger partial charge on any atom is 0.271 e. The predicted octanol–water partition coefficient (Wildman–Crippen LogP) is 0.965. The van der Waals surface area contributed by atoms with Gasteiger partial charge in [0.2, 0.25) is 0 Å². The molecule has 0 aromatic carbocycles. The standard InChI is InChI=1S/C4H6F2O3S.Y/c1-3(4(5)6)2-9-10(7)8;/h2H2,1H3,(H,7,8);/p-1. The molecule has 0 aromatic rings. The smallest absolute Gasteiger partial charge is 0.271 e. The molecule has 0 rings (SSSR count). The molecule has 0 heterocycles. The van der Waals surface area contributed by atoms with Gasteiger partial charge in [-0.15, -0.1) is 0 Å². The van der Waals surface area contributed by atoms with Gasteiger partial charge in [-0.2, -0.15) is 8.78 Å². The van der Waals surface area contributed by atoms with Crippen molar-refractivity contribution in [3.8, 4) is 0 Å². The molecule has 1 unspecified atom stereocenters. The Morgan fingerprint density at radius 1 is 1.64 bits per heavy atom. The Morgan fingerprint density at radius 3 is 2.36 bits per heavy atom. The molecule has 0 amide bonds. The summed E-state index contributed by atoms with van der Waals surface area (Å²) in [5, 5.41) is 0. The first-order valence-electron chi connectivity index (χ1n) is 2.27. The van der Waals surface area contributed by atoms with E-state index in [9.17, 15) is 17.5 Å². The molecule has 0 aliphatic rings. The monoisotopic (exact) mass is 260 g/mol. The van der Waals surface area contributed by atoms with Gasteiger partial charge in [0.1, 0.15) is 0 Å². The minimum atomic E-state index is -2.72. The Kier molecular flexibility index (Phi) is 9.66. The second-order valence-corrected chi connectivity index (χ2v) is 2.15. The van der Waals surface area contributed by atoms with Crippen LogP contribution >= 0.6 is 0 Å². The van der Waals surface area contributed by atoms with E-state index >= 15 is 0 Å². The van der Waals surface area contributed by atoms with E-state index in [1.165, 1.54) is 0 Å². The number of hydrogen-bond acceptors (Lipinski definition) is 3. The summed E-state index contributed by atoms with van der Waals surface area (Å²) >= 11 is -2.72. The van der Waals surface area contributed by atoms with Crippen LogP contribution in [0.4, 0.5) is 8.78 Å². The predicted molar refractivity (Wildman–Crippen MR) is 29.8 cm³/mol. The maximum absolute atomic E-state index is 11.5. The first-order chi connectivity index (χ1) is 4.54. The van der Waals surface area contributed by atoms with Crippen LogP contribution in [0.25, 0.3) is 0 Å². The van der Waals surface area contributed by atoms with Crippen LogP contribution < -0.4 is 0 Å². The SMILES string of the molecule is CC(COS(=O)[O-])=C(F)F.[Y]. The zero-order valence-corrected chi connectivity index (χ0v) is 9.33. The van der Waals surface area contributed by atoms with E-state index in [0.717, 1.165) is 6.92 Å². The molecule has 0 aliphatic heterocycles. The summed E-state index contributed by atoms with van der Waals surface area (Å²) in [7, 11) is 0. The molecule has 0 spiro atoms. The molecule has 1 atom stereocenters.